The van der Waals surface area contributed by atoms with E-state index in [-0.39, 0.29) is 17.9 Å². The predicted octanol–water partition coefficient (Wildman–Crippen LogP) is 4.39. The molecule has 1 aromatic heterocycles. The Morgan fingerprint density at radius 3 is 2.55 bits per heavy atom. The van der Waals surface area contributed by atoms with Gasteiger partial charge in [0.15, 0.2) is 0 Å². The number of carbonyl (C=O) groups is 2. The van der Waals surface area contributed by atoms with Gasteiger partial charge in [-0.05, 0) is 29.6 Å². The molecule has 1 aliphatic heterocycles. The first kappa shape index (κ1) is 20.7. The number of nitrogens with zero attached hydrogens (tertiary/aromatic N) is 1. The van der Waals surface area contributed by atoms with Crippen molar-refractivity contribution in [3.63, 3.8) is 0 Å². The Hall–Kier alpha value is -3.58. The molecule has 1 saturated heterocycles. The van der Waals surface area contributed by atoms with Crippen LogP contribution in [0.1, 0.15) is 22.0 Å². The molecule has 31 heavy (non-hydrogen) atoms. The van der Waals surface area contributed by atoms with Gasteiger partial charge in [0.25, 0.3) is 11.7 Å². The highest BCUT2D eigenvalue weighted by Gasteiger charge is 2.47. The maximum atomic E-state index is 13.1. The van der Waals surface area contributed by atoms with Crippen molar-refractivity contribution in [3.8, 4) is 11.5 Å². The number of rotatable bonds is 6. The summed E-state index contributed by atoms with van der Waals surface area (Å²) in [7, 11) is 3.06. The number of likely N-dealkylation sites (tertiary alicyclic amines) is 1. The molecular weight excluding hydrogens is 414 g/mol. The Labute approximate surface area is 184 Å². The van der Waals surface area contributed by atoms with Gasteiger partial charge in [-0.2, -0.15) is 0 Å². The van der Waals surface area contributed by atoms with E-state index in [2.05, 4.69) is 0 Å². The Bertz CT molecular complexity index is 1150. The minimum Gasteiger partial charge on any atom is -0.507 e. The smallest absolute Gasteiger partial charge is 0.295 e. The number of ether oxygens (including phenoxy) is 2. The fraction of sp³-hybridized carbons (Fsp3) is 0.167. The Kier molecular flexibility index (Phi) is 5.77. The molecule has 0 saturated carbocycles. The molecule has 158 valence electrons. The van der Waals surface area contributed by atoms with Gasteiger partial charge in [-0.3, -0.25) is 9.59 Å². The summed E-state index contributed by atoms with van der Waals surface area (Å²) >= 11 is 1.50. The molecule has 3 aromatic rings. The second-order valence-corrected chi connectivity index (χ2v) is 8.01. The third-order valence-corrected chi connectivity index (χ3v) is 6.08. The van der Waals surface area contributed by atoms with Crippen molar-refractivity contribution in [2.75, 3.05) is 14.2 Å². The summed E-state index contributed by atoms with van der Waals surface area (Å²) in [6.45, 7) is 0.250. The van der Waals surface area contributed by atoms with E-state index in [1.807, 2.05) is 29.6 Å². The first-order valence-corrected chi connectivity index (χ1v) is 10.5. The minimum absolute atomic E-state index is 0.0271. The van der Waals surface area contributed by atoms with Crippen LogP contribution in [0, 0.1) is 0 Å². The SMILES string of the molecule is COc1cccc(/C(O)=C2/C(=O)C(=O)N(Cc3cccs3)C2c2ccccc2OC)c1. The number of carbonyl (C=O) groups excluding carboxylic acids is 2. The summed E-state index contributed by atoms with van der Waals surface area (Å²) in [5.41, 5.74) is 1.05. The molecule has 1 fully saturated rings. The van der Waals surface area contributed by atoms with Crippen LogP contribution in [-0.2, 0) is 16.1 Å². The normalized spacial score (nSPS) is 17.7. The van der Waals surface area contributed by atoms with Crippen molar-refractivity contribution < 1.29 is 24.2 Å². The van der Waals surface area contributed by atoms with Gasteiger partial charge in [0.1, 0.15) is 17.3 Å². The number of thiophene rings is 1. The molecule has 0 radical (unpaired) electrons. The average Bonchev–Trinajstić information content (AvgIpc) is 3.41. The molecule has 1 aliphatic rings. The number of benzene rings is 2. The predicted molar refractivity (Wildman–Crippen MR) is 118 cm³/mol. The molecule has 0 spiro atoms. The highest BCUT2D eigenvalue weighted by atomic mass is 32.1. The molecule has 1 unspecified atom stereocenters. The number of aliphatic hydroxyl groups is 1. The van der Waals surface area contributed by atoms with Gasteiger partial charge in [-0.15, -0.1) is 11.3 Å². The summed E-state index contributed by atoms with van der Waals surface area (Å²) in [5, 5.41) is 13.1. The van der Waals surface area contributed by atoms with Gasteiger partial charge in [0, 0.05) is 16.0 Å². The quantitative estimate of drug-likeness (QED) is 0.353. The third kappa shape index (κ3) is 3.80. The maximum Gasteiger partial charge on any atom is 0.295 e. The van der Waals surface area contributed by atoms with Gasteiger partial charge < -0.3 is 19.5 Å². The molecule has 6 nitrogen and oxygen atoms in total. The Morgan fingerprint density at radius 2 is 1.84 bits per heavy atom. The molecule has 7 heteroatoms. The lowest BCUT2D eigenvalue weighted by Gasteiger charge is -2.26. The van der Waals surface area contributed by atoms with E-state index >= 15 is 0 Å². The number of para-hydroxylation sites is 1. The number of methoxy groups -OCH3 is 2. The van der Waals surface area contributed by atoms with Crippen LogP contribution in [0.3, 0.4) is 0 Å². The van der Waals surface area contributed by atoms with Crippen LogP contribution in [0.2, 0.25) is 0 Å². The topological polar surface area (TPSA) is 76.1 Å². The fourth-order valence-corrected chi connectivity index (χ4v) is 4.46. The molecule has 1 amide bonds. The highest BCUT2D eigenvalue weighted by molar-refractivity contribution is 7.09. The lowest BCUT2D eigenvalue weighted by Crippen LogP contribution is -2.29. The lowest BCUT2D eigenvalue weighted by molar-refractivity contribution is -0.140. The van der Waals surface area contributed by atoms with E-state index in [1.54, 1.807) is 36.4 Å². The van der Waals surface area contributed by atoms with Crippen molar-refractivity contribution in [2.45, 2.75) is 12.6 Å². The van der Waals surface area contributed by atoms with Crippen LogP contribution in [0.4, 0.5) is 0 Å². The molecule has 1 N–H and O–H groups in total. The van der Waals surface area contributed by atoms with Gasteiger partial charge in [0.05, 0.1) is 32.4 Å². The summed E-state index contributed by atoms with van der Waals surface area (Å²) in [6, 6.07) is 17.0. The van der Waals surface area contributed by atoms with E-state index in [0.29, 0.717) is 22.6 Å². The van der Waals surface area contributed by atoms with Gasteiger partial charge >= 0.3 is 0 Å². The lowest BCUT2D eigenvalue weighted by atomic mass is 9.94. The van der Waals surface area contributed by atoms with E-state index < -0.39 is 17.7 Å². The monoisotopic (exact) mass is 435 g/mol. The summed E-state index contributed by atoms with van der Waals surface area (Å²) in [5.74, 6) is -0.573. The number of hydrogen-bond acceptors (Lipinski definition) is 6. The molecule has 0 bridgehead atoms. The molecule has 2 aromatic carbocycles. The first-order valence-electron chi connectivity index (χ1n) is 9.63. The highest BCUT2D eigenvalue weighted by Crippen LogP contribution is 2.43. The van der Waals surface area contributed by atoms with Crippen molar-refractivity contribution in [3.05, 3.63) is 87.6 Å². The fourth-order valence-electron chi connectivity index (χ4n) is 3.76. The van der Waals surface area contributed by atoms with E-state index in [1.165, 1.54) is 30.5 Å². The van der Waals surface area contributed by atoms with E-state index in [4.69, 9.17) is 9.47 Å². The molecule has 1 atom stereocenters. The summed E-state index contributed by atoms with van der Waals surface area (Å²) in [4.78, 5) is 28.6. The van der Waals surface area contributed by atoms with Crippen LogP contribution in [0.5, 0.6) is 11.5 Å². The van der Waals surface area contributed by atoms with E-state index in [9.17, 15) is 14.7 Å². The van der Waals surface area contributed by atoms with Crippen LogP contribution < -0.4 is 9.47 Å². The van der Waals surface area contributed by atoms with Crippen LogP contribution >= 0.6 is 11.3 Å². The van der Waals surface area contributed by atoms with Crippen molar-refractivity contribution in [1.29, 1.82) is 0 Å². The van der Waals surface area contributed by atoms with Crippen LogP contribution in [0.25, 0.3) is 5.76 Å². The van der Waals surface area contributed by atoms with Crippen LogP contribution in [-0.4, -0.2) is 35.9 Å². The Balaban J connectivity index is 1.91. The number of amides is 1. The largest absolute Gasteiger partial charge is 0.507 e. The minimum atomic E-state index is -0.788. The molecular formula is C24H21NO5S. The third-order valence-electron chi connectivity index (χ3n) is 5.22. The maximum absolute atomic E-state index is 13.1. The number of Topliss-reactive ketones (excluding diaryl/α,β-unsaturated/α-hetero) is 1. The van der Waals surface area contributed by atoms with Gasteiger partial charge in [-0.1, -0.05) is 36.4 Å². The zero-order valence-corrected chi connectivity index (χ0v) is 17.9. The number of hydrogen-bond donors (Lipinski definition) is 1. The van der Waals surface area contributed by atoms with Gasteiger partial charge in [-0.25, -0.2) is 0 Å². The molecule has 0 aliphatic carbocycles. The zero-order chi connectivity index (χ0) is 22.0. The summed E-state index contributed by atoms with van der Waals surface area (Å²) < 4.78 is 10.8. The summed E-state index contributed by atoms with van der Waals surface area (Å²) in [6.07, 6.45) is 0. The van der Waals surface area contributed by atoms with Crippen molar-refractivity contribution in [1.82, 2.24) is 4.90 Å². The van der Waals surface area contributed by atoms with Crippen molar-refractivity contribution >= 4 is 28.8 Å². The number of ketones is 1. The van der Waals surface area contributed by atoms with Crippen LogP contribution in [0.15, 0.2) is 71.6 Å². The van der Waals surface area contributed by atoms with Crippen molar-refractivity contribution in [2.24, 2.45) is 0 Å². The Morgan fingerprint density at radius 1 is 1.03 bits per heavy atom. The molecule has 4 rings (SSSR count). The zero-order valence-electron chi connectivity index (χ0n) is 17.1. The number of aliphatic hydroxyl groups excluding tert-OH is 1. The second-order valence-electron chi connectivity index (χ2n) is 6.98. The average molecular weight is 436 g/mol. The first-order chi connectivity index (χ1) is 15.0. The van der Waals surface area contributed by atoms with Gasteiger partial charge in [0.2, 0.25) is 0 Å². The van der Waals surface area contributed by atoms with E-state index in [0.717, 1.165) is 4.88 Å². The second kappa shape index (κ2) is 8.65. The standard InChI is InChI=1S/C24H21NO5S/c1-29-16-8-5-7-15(13-16)22(26)20-21(18-10-3-4-11-19(18)30-2)25(24(28)23(20)27)14-17-9-6-12-31-17/h3-13,21,26H,14H2,1-2H3/b22-20-. The molecule has 2 heterocycles.